The van der Waals surface area contributed by atoms with Gasteiger partial charge in [-0.1, -0.05) is 19.3 Å². The lowest BCUT2D eigenvalue weighted by Gasteiger charge is -2.47. The number of nitrogens with zero attached hydrogens (tertiary/aromatic N) is 2. The van der Waals surface area contributed by atoms with Crippen LogP contribution < -0.4 is 5.32 Å². The molecule has 4 heteroatoms. The third-order valence-electron chi connectivity index (χ3n) is 4.90. The van der Waals surface area contributed by atoms with Crippen LogP contribution in [0.15, 0.2) is 0 Å². The first-order valence-corrected chi connectivity index (χ1v) is 7.82. The molecular weight excluding hydrogens is 238 g/mol. The predicted molar refractivity (Wildman–Crippen MR) is 78.1 cm³/mol. The number of hydrogen-bond donors (Lipinski definition) is 1. The molecule has 1 amide bonds. The fourth-order valence-corrected chi connectivity index (χ4v) is 3.51. The monoisotopic (exact) mass is 267 g/mol. The summed E-state index contributed by atoms with van der Waals surface area (Å²) in [5.74, 6) is 0.364. The van der Waals surface area contributed by atoms with Gasteiger partial charge in [0, 0.05) is 18.6 Å². The molecule has 1 heterocycles. The summed E-state index contributed by atoms with van der Waals surface area (Å²) in [7, 11) is 4.05. The van der Waals surface area contributed by atoms with Crippen LogP contribution in [0.5, 0.6) is 0 Å². The van der Waals surface area contributed by atoms with Crippen molar-refractivity contribution in [2.45, 2.75) is 63.6 Å². The van der Waals surface area contributed by atoms with Crippen LogP contribution in [0.3, 0.4) is 0 Å². The maximum Gasteiger partial charge on any atom is 0.240 e. The van der Waals surface area contributed by atoms with E-state index in [0.29, 0.717) is 18.0 Å². The summed E-state index contributed by atoms with van der Waals surface area (Å²) >= 11 is 0. The molecule has 1 N–H and O–H groups in total. The van der Waals surface area contributed by atoms with Gasteiger partial charge in [0.25, 0.3) is 0 Å². The average Bonchev–Trinajstić information content (AvgIpc) is 2.44. The Bertz CT molecular complexity index is 302. The summed E-state index contributed by atoms with van der Waals surface area (Å²) < 4.78 is 0. The Labute approximate surface area is 117 Å². The Morgan fingerprint density at radius 2 is 1.95 bits per heavy atom. The van der Waals surface area contributed by atoms with E-state index in [0.717, 1.165) is 19.5 Å². The predicted octanol–water partition coefficient (Wildman–Crippen LogP) is 1.46. The van der Waals surface area contributed by atoms with E-state index in [4.69, 9.17) is 0 Å². The third kappa shape index (κ3) is 3.29. The molecule has 2 fully saturated rings. The summed E-state index contributed by atoms with van der Waals surface area (Å²) in [6.45, 7) is 4.07. The first kappa shape index (κ1) is 14.8. The van der Waals surface area contributed by atoms with E-state index in [1.807, 2.05) is 7.05 Å². The standard InChI is InChI=1S/C15H29N3O/c1-12-11-18(13-7-5-4-6-8-13)15(19)14(17(12)3)9-10-16-2/h12-14,16H,4-11H2,1-3H3. The summed E-state index contributed by atoms with van der Waals surface area (Å²) in [5, 5.41) is 3.17. The van der Waals surface area contributed by atoms with Crippen molar-refractivity contribution in [3.63, 3.8) is 0 Å². The van der Waals surface area contributed by atoms with Crippen molar-refractivity contribution >= 4 is 5.91 Å². The van der Waals surface area contributed by atoms with Crippen molar-refractivity contribution in [2.75, 3.05) is 27.2 Å². The molecule has 2 aliphatic rings. The molecule has 0 aromatic heterocycles. The molecule has 1 aliphatic heterocycles. The molecule has 110 valence electrons. The fraction of sp³-hybridized carbons (Fsp3) is 0.933. The van der Waals surface area contributed by atoms with Crippen molar-refractivity contribution in [3.8, 4) is 0 Å². The highest BCUT2D eigenvalue weighted by Gasteiger charge is 2.39. The van der Waals surface area contributed by atoms with Gasteiger partial charge in [0.05, 0.1) is 6.04 Å². The highest BCUT2D eigenvalue weighted by Crippen LogP contribution is 2.27. The van der Waals surface area contributed by atoms with Crippen LogP contribution in [-0.2, 0) is 4.79 Å². The number of carbonyl (C=O) groups is 1. The Kier molecular flexibility index (Phi) is 5.22. The molecular formula is C15H29N3O. The maximum atomic E-state index is 12.7. The average molecular weight is 267 g/mol. The molecule has 2 unspecified atom stereocenters. The van der Waals surface area contributed by atoms with E-state index in [1.54, 1.807) is 0 Å². The number of hydrogen-bond acceptors (Lipinski definition) is 3. The highest BCUT2D eigenvalue weighted by molar-refractivity contribution is 5.83. The fourth-order valence-electron chi connectivity index (χ4n) is 3.51. The summed E-state index contributed by atoms with van der Waals surface area (Å²) in [5.41, 5.74) is 0. The SMILES string of the molecule is CNCCC1C(=O)N(C2CCCCC2)CC(C)N1C. The smallest absolute Gasteiger partial charge is 0.240 e. The molecule has 19 heavy (non-hydrogen) atoms. The zero-order valence-corrected chi connectivity index (χ0v) is 12.7. The van der Waals surface area contributed by atoms with Crippen LogP contribution >= 0.6 is 0 Å². The second-order valence-electron chi connectivity index (χ2n) is 6.20. The largest absolute Gasteiger partial charge is 0.337 e. The van der Waals surface area contributed by atoms with Crippen LogP contribution in [0.4, 0.5) is 0 Å². The summed E-state index contributed by atoms with van der Waals surface area (Å²) in [6, 6.07) is 1.05. The van der Waals surface area contributed by atoms with Gasteiger partial charge in [-0.15, -0.1) is 0 Å². The van der Waals surface area contributed by atoms with E-state index < -0.39 is 0 Å². The lowest BCUT2D eigenvalue weighted by molar-refractivity contribution is -0.147. The minimum Gasteiger partial charge on any atom is -0.337 e. The molecule has 0 bridgehead atoms. The van der Waals surface area contributed by atoms with E-state index in [-0.39, 0.29) is 6.04 Å². The zero-order chi connectivity index (χ0) is 13.8. The first-order valence-electron chi connectivity index (χ1n) is 7.82. The Morgan fingerprint density at radius 1 is 1.26 bits per heavy atom. The summed E-state index contributed by atoms with van der Waals surface area (Å²) in [6.07, 6.45) is 7.26. The van der Waals surface area contributed by atoms with Crippen LogP contribution in [0, 0.1) is 0 Å². The van der Waals surface area contributed by atoms with Gasteiger partial charge in [0.2, 0.25) is 5.91 Å². The van der Waals surface area contributed by atoms with E-state index in [2.05, 4.69) is 29.1 Å². The normalized spacial score (nSPS) is 30.9. The lowest BCUT2D eigenvalue weighted by Crippen LogP contribution is -2.62. The second-order valence-corrected chi connectivity index (χ2v) is 6.20. The van der Waals surface area contributed by atoms with E-state index >= 15 is 0 Å². The Hall–Kier alpha value is -0.610. The van der Waals surface area contributed by atoms with Crippen LogP contribution in [0.1, 0.15) is 45.4 Å². The first-order chi connectivity index (χ1) is 9.15. The number of piperazine rings is 1. The van der Waals surface area contributed by atoms with Crippen molar-refractivity contribution in [3.05, 3.63) is 0 Å². The topological polar surface area (TPSA) is 35.6 Å². The highest BCUT2D eigenvalue weighted by atomic mass is 16.2. The summed E-state index contributed by atoms with van der Waals surface area (Å²) in [4.78, 5) is 17.2. The molecule has 4 nitrogen and oxygen atoms in total. The van der Waals surface area contributed by atoms with Gasteiger partial charge in [-0.2, -0.15) is 0 Å². The van der Waals surface area contributed by atoms with Crippen LogP contribution in [-0.4, -0.2) is 61.0 Å². The molecule has 0 radical (unpaired) electrons. The number of rotatable bonds is 4. The van der Waals surface area contributed by atoms with Crippen LogP contribution in [0.25, 0.3) is 0 Å². The molecule has 1 saturated carbocycles. The van der Waals surface area contributed by atoms with Gasteiger partial charge < -0.3 is 10.2 Å². The van der Waals surface area contributed by atoms with Gasteiger partial charge in [-0.3, -0.25) is 9.69 Å². The molecule has 2 rings (SSSR count). The quantitative estimate of drug-likeness (QED) is 0.837. The minimum absolute atomic E-state index is 0.0677. The van der Waals surface area contributed by atoms with Crippen molar-refractivity contribution in [1.29, 1.82) is 0 Å². The zero-order valence-electron chi connectivity index (χ0n) is 12.7. The Morgan fingerprint density at radius 3 is 2.58 bits per heavy atom. The molecule has 0 spiro atoms. The van der Waals surface area contributed by atoms with Gasteiger partial charge in [-0.25, -0.2) is 0 Å². The van der Waals surface area contributed by atoms with E-state index in [1.165, 1.54) is 32.1 Å². The lowest BCUT2D eigenvalue weighted by atomic mass is 9.91. The van der Waals surface area contributed by atoms with Crippen molar-refractivity contribution in [1.82, 2.24) is 15.1 Å². The molecule has 1 aliphatic carbocycles. The third-order valence-corrected chi connectivity index (χ3v) is 4.90. The number of carbonyl (C=O) groups excluding carboxylic acids is 1. The van der Waals surface area contributed by atoms with Crippen molar-refractivity contribution in [2.24, 2.45) is 0 Å². The van der Waals surface area contributed by atoms with Gasteiger partial charge >= 0.3 is 0 Å². The van der Waals surface area contributed by atoms with Crippen LogP contribution in [0.2, 0.25) is 0 Å². The molecule has 0 aromatic carbocycles. The molecule has 1 saturated heterocycles. The second kappa shape index (κ2) is 6.71. The number of amides is 1. The molecule has 2 atom stereocenters. The van der Waals surface area contributed by atoms with Gasteiger partial charge in [0.15, 0.2) is 0 Å². The number of nitrogens with one attached hydrogen (secondary N) is 1. The number of likely N-dealkylation sites (N-methyl/N-ethyl adjacent to an activating group) is 1. The Balaban J connectivity index is 2.04. The van der Waals surface area contributed by atoms with Crippen molar-refractivity contribution < 1.29 is 4.79 Å². The van der Waals surface area contributed by atoms with Gasteiger partial charge in [-0.05, 0) is 46.8 Å². The molecule has 0 aromatic rings. The minimum atomic E-state index is 0.0677. The van der Waals surface area contributed by atoms with Gasteiger partial charge in [0.1, 0.15) is 0 Å². The van der Waals surface area contributed by atoms with E-state index in [9.17, 15) is 4.79 Å². The maximum absolute atomic E-state index is 12.7.